The number of benzene rings is 1. The lowest BCUT2D eigenvalue weighted by Gasteiger charge is -2.36. The highest BCUT2D eigenvalue weighted by Crippen LogP contribution is 2.36. The van der Waals surface area contributed by atoms with Crippen molar-refractivity contribution < 1.29 is 4.79 Å². The van der Waals surface area contributed by atoms with Crippen LogP contribution in [-0.2, 0) is 0 Å². The Morgan fingerprint density at radius 3 is 2.86 bits per heavy atom. The Kier molecular flexibility index (Phi) is 3.77. The molecule has 1 N–H and O–H groups in total. The molecule has 0 aliphatic carbocycles. The zero-order chi connectivity index (χ0) is 14.9. The number of para-hydroxylation sites is 1. The molecular formula is C18H22N2O. The normalized spacial score (nSPS) is 19.6. The number of carbonyl (C=O) groups is 1. The third-order valence-electron chi connectivity index (χ3n) is 4.78. The Labute approximate surface area is 125 Å². The van der Waals surface area contributed by atoms with E-state index in [9.17, 15) is 4.79 Å². The quantitative estimate of drug-likeness (QED) is 0.877. The van der Waals surface area contributed by atoms with E-state index in [1.807, 2.05) is 30.3 Å². The van der Waals surface area contributed by atoms with Gasteiger partial charge in [-0.1, -0.05) is 32.0 Å². The van der Waals surface area contributed by atoms with Gasteiger partial charge in [-0.2, -0.15) is 0 Å². The Morgan fingerprint density at radius 2 is 2.10 bits per heavy atom. The van der Waals surface area contributed by atoms with Crippen LogP contribution in [0.3, 0.4) is 0 Å². The molecule has 0 saturated carbocycles. The fraction of sp³-hybridized carbons (Fsp3) is 0.444. The molecule has 1 aliphatic rings. The summed E-state index contributed by atoms with van der Waals surface area (Å²) in [5.41, 5.74) is 1.21. The SMILES string of the molecule is CC(C)(C(=O)c1cccc2cccnc12)C1CCCNC1. The number of rotatable bonds is 3. The van der Waals surface area contributed by atoms with Crippen molar-refractivity contribution >= 4 is 16.7 Å². The van der Waals surface area contributed by atoms with Crippen molar-refractivity contribution in [2.75, 3.05) is 13.1 Å². The van der Waals surface area contributed by atoms with E-state index in [1.54, 1.807) is 6.20 Å². The molecule has 1 fully saturated rings. The molecule has 0 spiro atoms. The Hall–Kier alpha value is -1.74. The molecule has 21 heavy (non-hydrogen) atoms. The Balaban J connectivity index is 1.99. The molecule has 1 atom stereocenters. The zero-order valence-electron chi connectivity index (χ0n) is 12.7. The second-order valence-corrected chi connectivity index (χ2v) is 6.47. The van der Waals surface area contributed by atoms with Crippen LogP contribution in [-0.4, -0.2) is 23.9 Å². The lowest BCUT2D eigenvalue weighted by Crippen LogP contribution is -2.42. The van der Waals surface area contributed by atoms with Gasteiger partial charge in [0, 0.05) is 22.6 Å². The molecular weight excluding hydrogens is 260 g/mol. The zero-order valence-corrected chi connectivity index (χ0v) is 12.7. The lowest BCUT2D eigenvalue weighted by atomic mass is 9.70. The highest BCUT2D eigenvalue weighted by atomic mass is 16.1. The summed E-state index contributed by atoms with van der Waals surface area (Å²) >= 11 is 0. The van der Waals surface area contributed by atoms with Gasteiger partial charge in [0.15, 0.2) is 5.78 Å². The molecule has 2 aromatic rings. The molecule has 1 saturated heterocycles. The summed E-state index contributed by atoms with van der Waals surface area (Å²) in [6, 6.07) is 9.79. The molecule has 1 unspecified atom stereocenters. The summed E-state index contributed by atoms with van der Waals surface area (Å²) in [6.45, 7) is 6.15. The predicted molar refractivity (Wildman–Crippen MR) is 85.4 cm³/mol. The molecule has 1 aromatic heterocycles. The number of pyridine rings is 1. The smallest absolute Gasteiger partial charge is 0.170 e. The molecule has 0 bridgehead atoms. The van der Waals surface area contributed by atoms with Crippen molar-refractivity contribution in [2.45, 2.75) is 26.7 Å². The number of hydrogen-bond acceptors (Lipinski definition) is 3. The van der Waals surface area contributed by atoms with Crippen LogP contribution in [0.4, 0.5) is 0 Å². The minimum atomic E-state index is -0.362. The first-order valence-electron chi connectivity index (χ1n) is 7.70. The summed E-state index contributed by atoms with van der Waals surface area (Å²) in [6.07, 6.45) is 4.02. The molecule has 110 valence electrons. The first kappa shape index (κ1) is 14.2. The van der Waals surface area contributed by atoms with Gasteiger partial charge < -0.3 is 5.32 Å². The molecule has 3 rings (SSSR count). The molecule has 3 heteroatoms. The van der Waals surface area contributed by atoms with E-state index in [0.717, 1.165) is 42.4 Å². The standard InChI is InChI=1S/C18H22N2O/c1-18(2,14-8-5-10-19-12-14)17(21)15-9-3-6-13-7-4-11-20-16(13)15/h3-4,6-7,9,11,14,19H,5,8,10,12H2,1-2H3. The summed E-state index contributed by atoms with van der Waals surface area (Å²) in [5.74, 6) is 0.596. The third kappa shape index (κ3) is 2.58. The van der Waals surface area contributed by atoms with Crippen molar-refractivity contribution in [3.63, 3.8) is 0 Å². The minimum absolute atomic E-state index is 0.209. The number of carbonyl (C=O) groups excluding carboxylic acids is 1. The number of piperidine rings is 1. The van der Waals surface area contributed by atoms with Crippen molar-refractivity contribution in [3.05, 3.63) is 42.1 Å². The first-order chi connectivity index (χ1) is 10.1. The number of fused-ring (bicyclic) bond motifs is 1. The third-order valence-corrected chi connectivity index (χ3v) is 4.78. The summed E-state index contributed by atoms with van der Waals surface area (Å²) < 4.78 is 0. The summed E-state index contributed by atoms with van der Waals surface area (Å²) in [4.78, 5) is 17.5. The monoisotopic (exact) mass is 282 g/mol. The second kappa shape index (κ2) is 5.57. The fourth-order valence-electron chi connectivity index (χ4n) is 3.29. The molecule has 0 amide bonds. The van der Waals surface area contributed by atoms with Crippen LogP contribution in [0.5, 0.6) is 0 Å². The van der Waals surface area contributed by atoms with Crippen molar-refractivity contribution in [2.24, 2.45) is 11.3 Å². The van der Waals surface area contributed by atoms with E-state index >= 15 is 0 Å². The maximum Gasteiger partial charge on any atom is 0.170 e. The first-order valence-corrected chi connectivity index (χ1v) is 7.70. The minimum Gasteiger partial charge on any atom is -0.316 e. The number of nitrogens with zero attached hydrogens (tertiary/aromatic N) is 1. The number of nitrogens with one attached hydrogen (secondary N) is 1. The lowest BCUT2D eigenvalue weighted by molar-refractivity contribution is 0.0710. The van der Waals surface area contributed by atoms with Gasteiger partial charge in [0.2, 0.25) is 0 Å². The number of ketones is 1. The summed E-state index contributed by atoms with van der Waals surface area (Å²) in [5, 5.41) is 4.45. The predicted octanol–water partition coefficient (Wildman–Crippen LogP) is 3.44. The van der Waals surface area contributed by atoms with Crippen LogP contribution in [0.25, 0.3) is 10.9 Å². The van der Waals surface area contributed by atoms with Gasteiger partial charge in [-0.05, 0) is 44.0 Å². The van der Waals surface area contributed by atoms with E-state index in [-0.39, 0.29) is 11.2 Å². The van der Waals surface area contributed by atoms with Crippen molar-refractivity contribution in [1.29, 1.82) is 0 Å². The van der Waals surface area contributed by atoms with Crippen LogP contribution in [0.15, 0.2) is 36.5 Å². The Bertz CT molecular complexity index is 652. The van der Waals surface area contributed by atoms with Gasteiger partial charge in [-0.25, -0.2) is 0 Å². The molecule has 1 aromatic carbocycles. The molecule has 1 aliphatic heterocycles. The van der Waals surface area contributed by atoms with E-state index < -0.39 is 0 Å². The average molecular weight is 282 g/mol. The van der Waals surface area contributed by atoms with Crippen LogP contribution in [0, 0.1) is 11.3 Å². The summed E-state index contributed by atoms with van der Waals surface area (Å²) in [7, 11) is 0. The Morgan fingerprint density at radius 1 is 1.29 bits per heavy atom. The molecule has 3 nitrogen and oxygen atoms in total. The van der Waals surface area contributed by atoms with Crippen molar-refractivity contribution in [3.8, 4) is 0 Å². The van der Waals surface area contributed by atoms with E-state index in [1.165, 1.54) is 0 Å². The number of aromatic nitrogens is 1. The van der Waals surface area contributed by atoms with E-state index in [2.05, 4.69) is 24.1 Å². The van der Waals surface area contributed by atoms with Gasteiger partial charge in [-0.15, -0.1) is 0 Å². The average Bonchev–Trinajstić information content (AvgIpc) is 2.54. The van der Waals surface area contributed by atoms with Crippen LogP contribution < -0.4 is 5.32 Å². The number of Topliss-reactive ketones (excluding diaryl/α,β-unsaturated/α-hetero) is 1. The van der Waals surface area contributed by atoms with Crippen molar-refractivity contribution in [1.82, 2.24) is 10.3 Å². The van der Waals surface area contributed by atoms with E-state index in [4.69, 9.17) is 0 Å². The largest absolute Gasteiger partial charge is 0.316 e. The topological polar surface area (TPSA) is 42.0 Å². The highest BCUT2D eigenvalue weighted by Gasteiger charge is 2.38. The molecule has 0 radical (unpaired) electrons. The maximum atomic E-state index is 13.1. The molecule has 2 heterocycles. The van der Waals surface area contributed by atoms with Crippen LogP contribution >= 0.6 is 0 Å². The highest BCUT2D eigenvalue weighted by molar-refractivity contribution is 6.09. The van der Waals surface area contributed by atoms with E-state index in [0.29, 0.717) is 5.92 Å². The van der Waals surface area contributed by atoms with Gasteiger partial charge >= 0.3 is 0 Å². The maximum absolute atomic E-state index is 13.1. The van der Waals surface area contributed by atoms with Gasteiger partial charge in [0.1, 0.15) is 0 Å². The fourth-order valence-corrected chi connectivity index (χ4v) is 3.29. The number of hydrogen-bond donors (Lipinski definition) is 1. The van der Waals surface area contributed by atoms with Crippen LogP contribution in [0.2, 0.25) is 0 Å². The van der Waals surface area contributed by atoms with Gasteiger partial charge in [0.05, 0.1) is 5.52 Å². The second-order valence-electron chi connectivity index (χ2n) is 6.47. The van der Waals surface area contributed by atoms with Crippen LogP contribution in [0.1, 0.15) is 37.0 Å². The van der Waals surface area contributed by atoms with Gasteiger partial charge in [-0.3, -0.25) is 9.78 Å². The van der Waals surface area contributed by atoms with Gasteiger partial charge in [0.25, 0.3) is 0 Å².